The van der Waals surface area contributed by atoms with Gasteiger partial charge in [0.15, 0.2) is 0 Å². The van der Waals surface area contributed by atoms with Crippen molar-refractivity contribution in [3.8, 4) is 0 Å². The normalized spacial score (nSPS) is 15.9. The van der Waals surface area contributed by atoms with Crippen LogP contribution in [0.4, 0.5) is 0 Å². The van der Waals surface area contributed by atoms with Gasteiger partial charge in [-0.2, -0.15) is 0 Å². The van der Waals surface area contributed by atoms with Crippen LogP contribution in [0.5, 0.6) is 0 Å². The van der Waals surface area contributed by atoms with Crippen molar-refractivity contribution in [2.24, 2.45) is 0 Å². The van der Waals surface area contributed by atoms with Crippen molar-refractivity contribution in [3.05, 3.63) is 70.2 Å². The van der Waals surface area contributed by atoms with Crippen molar-refractivity contribution in [1.82, 2.24) is 5.32 Å². The lowest BCUT2D eigenvalue weighted by Gasteiger charge is -2.14. The zero-order chi connectivity index (χ0) is 14.7. The smallest absolute Gasteiger partial charge is 0.0408 e. The number of benzene rings is 2. The van der Waals surface area contributed by atoms with Crippen LogP contribution in [-0.4, -0.2) is 6.04 Å². The van der Waals surface area contributed by atoms with Crippen LogP contribution in [0, 0.1) is 0 Å². The van der Waals surface area contributed by atoms with Crippen LogP contribution in [0.2, 0.25) is 5.02 Å². The van der Waals surface area contributed by atoms with Gasteiger partial charge >= 0.3 is 0 Å². The molecule has 21 heavy (non-hydrogen) atoms. The molecule has 0 heterocycles. The second-order valence-electron chi connectivity index (χ2n) is 6.13. The first-order chi connectivity index (χ1) is 10.2. The molecule has 0 saturated heterocycles. The minimum absolute atomic E-state index is 0.437. The number of hydrogen-bond acceptors (Lipinski definition) is 1. The van der Waals surface area contributed by atoms with Gasteiger partial charge in [0.25, 0.3) is 0 Å². The van der Waals surface area contributed by atoms with Gasteiger partial charge in [0.2, 0.25) is 0 Å². The summed E-state index contributed by atoms with van der Waals surface area (Å²) in [6.07, 6.45) is 3.74. The highest BCUT2D eigenvalue weighted by Crippen LogP contribution is 2.39. The second kappa shape index (κ2) is 6.64. The molecule has 1 atom stereocenters. The van der Waals surface area contributed by atoms with Crippen LogP contribution in [0.15, 0.2) is 48.5 Å². The molecule has 1 N–H and O–H groups in total. The van der Waals surface area contributed by atoms with E-state index in [4.69, 9.17) is 11.6 Å². The molecule has 0 spiro atoms. The van der Waals surface area contributed by atoms with E-state index in [0.717, 1.165) is 23.9 Å². The van der Waals surface area contributed by atoms with E-state index in [-0.39, 0.29) is 0 Å². The topological polar surface area (TPSA) is 12.0 Å². The van der Waals surface area contributed by atoms with Crippen molar-refractivity contribution in [2.45, 2.75) is 44.7 Å². The molecule has 0 amide bonds. The molecule has 2 aromatic carbocycles. The van der Waals surface area contributed by atoms with Crippen LogP contribution in [-0.2, 0) is 13.0 Å². The summed E-state index contributed by atoms with van der Waals surface area (Å²) in [6.45, 7) is 3.14. The van der Waals surface area contributed by atoms with Crippen molar-refractivity contribution >= 4 is 11.6 Å². The van der Waals surface area contributed by atoms with Gasteiger partial charge in [-0.3, -0.25) is 0 Å². The molecule has 1 saturated carbocycles. The van der Waals surface area contributed by atoms with E-state index >= 15 is 0 Å². The van der Waals surface area contributed by atoms with Crippen LogP contribution in [0.25, 0.3) is 0 Å². The first-order valence-corrected chi connectivity index (χ1v) is 8.15. The quantitative estimate of drug-likeness (QED) is 0.797. The summed E-state index contributed by atoms with van der Waals surface area (Å²) in [5.74, 6) is 0.841. The van der Waals surface area contributed by atoms with Crippen molar-refractivity contribution in [2.75, 3.05) is 0 Å². The Labute approximate surface area is 132 Å². The summed E-state index contributed by atoms with van der Waals surface area (Å²) < 4.78 is 0. The van der Waals surface area contributed by atoms with Crippen LogP contribution in [0.1, 0.15) is 42.4 Å². The maximum atomic E-state index is 6.03. The molecule has 0 aliphatic heterocycles. The van der Waals surface area contributed by atoms with E-state index < -0.39 is 0 Å². The fourth-order valence-corrected chi connectivity index (χ4v) is 2.92. The third kappa shape index (κ3) is 4.33. The van der Waals surface area contributed by atoms with Gasteiger partial charge < -0.3 is 5.32 Å². The van der Waals surface area contributed by atoms with Crippen LogP contribution in [0.3, 0.4) is 0 Å². The molecule has 2 heteroatoms. The molecule has 2 aromatic rings. The fourth-order valence-electron chi connectivity index (χ4n) is 2.71. The van der Waals surface area contributed by atoms with Crippen LogP contribution < -0.4 is 5.32 Å². The highest BCUT2D eigenvalue weighted by molar-refractivity contribution is 6.30. The minimum Gasteiger partial charge on any atom is -0.310 e. The van der Waals surface area contributed by atoms with Gasteiger partial charge in [-0.05, 0) is 60.9 Å². The predicted molar refractivity (Wildman–Crippen MR) is 89.9 cm³/mol. The maximum absolute atomic E-state index is 6.03. The lowest BCUT2D eigenvalue weighted by molar-refractivity contribution is 0.545. The predicted octanol–water partition coefficient (Wildman–Crippen LogP) is 4.94. The van der Waals surface area contributed by atoms with E-state index in [9.17, 15) is 0 Å². The van der Waals surface area contributed by atoms with E-state index in [1.807, 2.05) is 18.2 Å². The Morgan fingerprint density at radius 2 is 1.86 bits per heavy atom. The Balaban J connectivity index is 1.49. The van der Waals surface area contributed by atoms with E-state index in [1.165, 1.54) is 29.5 Å². The lowest BCUT2D eigenvalue weighted by Crippen LogP contribution is -2.27. The average molecular weight is 300 g/mol. The minimum atomic E-state index is 0.437. The number of nitrogens with one attached hydrogen (secondary N) is 1. The highest BCUT2D eigenvalue weighted by Gasteiger charge is 2.22. The van der Waals surface area contributed by atoms with E-state index in [1.54, 1.807) is 0 Å². The lowest BCUT2D eigenvalue weighted by atomic mass is 10.1. The molecule has 110 valence electrons. The molecule has 0 radical (unpaired) electrons. The highest BCUT2D eigenvalue weighted by atomic mass is 35.5. The van der Waals surface area contributed by atoms with Crippen LogP contribution >= 0.6 is 11.6 Å². The summed E-state index contributed by atoms with van der Waals surface area (Å²) >= 11 is 6.03. The third-order valence-corrected chi connectivity index (χ3v) is 4.35. The van der Waals surface area contributed by atoms with Crippen molar-refractivity contribution in [3.63, 3.8) is 0 Å². The standard InChI is InChI=1S/C19H22ClN/c1-14(11-16-3-2-4-19(20)12-16)21-13-15-5-7-17(8-6-15)18-9-10-18/h2-8,12,14,18,21H,9-11,13H2,1H3. The molecule has 1 unspecified atom stereocenters. The van der Waals surface area contributed by atoms with Crippen molar-refractivity contribution < 1.29 is 0 Å². The van der Waals surface area contributed by atoms with Gasteiger partial charge in [0.1, 0.15) is 0 Å². The summed E-state index contributed by atoms with van der Waals surface area (Å²) in [7, 11) is 0. The Morgan fingerprint density at radius 1 is 1.10 bits per heavy atom. The Hall–Kier alpha value is -1.31. The summed E-state index contributed by atoms with van der Waals surface area (Å²) in [6, 6.07) is 17.6. The SMILES string of the molecule is CC(Cc1cccc(Cl)c1)NCc1ccc(C2CC2)cc1. The Morgan fingerprint density at radius 3 is 2.52 bits per heavy atom. The molecule has 0 aromatic heterocycles. The van der Waals surface area contributed by atoms with Gasteiger partial charge in [0, 0.05) is 17.6 Å². The summed E-state index contributed by atoms with van der Waals surface area (Å²) in [4.78, 5) is 0. The van der Waals surface area contributed by atoms with Crippen molar-refractivity contribution in [1.29, 1.82) is 0 Å². The van der Waals surface area contributed by atoms with Gasteiger partial charge in [-0.25, -0.2) is 0 Å². The Bertz CT molecular complexity index is 587. The molecule has 0 bridgehead atoms. The van der Waals surface area contributed by atoms with Gasteiger partial charge in [-0.1, -0.05) is 48.0 Å². The molecule has 1 nitrogen and oxygen atoms in total. The molecule has 1 fully saturated rings. The second-order valence-corrected chi connectivity index (χ2v) is 6.57. The Kier molecular flexibility index (Phi) is 4.62. The number of halogens is 1. The van der Waals surface area contributed by atoms with Gasteiger partial charge in [-0.15, -0.1) is 0 Å². The van der Waals surface area contributed by atoms with E-state index in [2.05, 4.69) is 42.6 Å². The zero-order valence-corrected chi connectivity index (χ0v) is 13.2. The first kappa shape index (κ1) is 14.6. The molecular weight excluding hydrogens is 278 g/mol. The molecular formula is C19H22ClN. The first-order valence-electron chi connectivity index (χ1n) is 7.77. The van der Waals surface area contributed by atoms with E-state index in [0.29, 0.717) is 6.04 Å². The zero-order valence-electron chi connectivity index (χ0n) is 12.5. The molecule has 1 aliphatic carbocycles. The summed E-state index contributed by atoms with van der Waals surface area (Å²) in [5, 5.41) is 4.40. The maximum Gasteiger partial charge on any atom is 0.0408 e. The average Bonchev–Trinajstić information content (AvgIpc) is 3.30. The molecule has 1 aliphatic rings. The largest absolute Gasteiger partial charge is 0.310 e. The summed E-state index contributed by atoms with van der Waals surface area (Å²) in [5.41, 5.74) is 4.15. The third-order valence-electron chi connectivity index (χ3n) is 4.11. The molecule has 3 rings (SSSR count). The fraction of sp³-hybridized carbons (Fsp3) is 0.368. The number of rotatable bonds is 6. The monoisotopic (exact) mass is 299 g/mol. The van der Waals surface area contributed by atoms with Gasteiger partial charge in [0.05, 0.1) is 0 Å². The number of hydrogen-bond donors (Lipinski definition) is 1.